The third kappa shape index (κ3) is 3.87. The molecule has 0 amide bonds. The van der Waals surface area contributed by atoms with E-state index in [0.717, 1.165) is 11.1 Å². The van der Waals surface area contributed by atoms with Crippen LogP contribution in [0.25, 0.3) is 28.7 Å². The van der Waals surface area contributed by atoms with Crippen LogP contribution in [0, 0.1) is 19.7 Å². The number of halogens is 1. The maximum Gasteiger partial charge on any atom is 0.266 e. The second-order valence-electron chi connectivity index (χ2n) is 7.48. The van der Waals surface area contributed by atoms with E-state index >= 15 is 0 Å². The molecule has 0 atom stereocenters. The van der Waals surface area contributed by atoms with Crippen molar-refractivity contribution in [2.24, 2.45) is 0 Å². The number of hydrogen-bond donors (Lipinski definition) is 0. The summed E-state index contributed by atoms with van der Waals surface area (Å²) < 4.78 is 26.5. The van der Waals surface area contributed by atoms with Crippen molar-refractivity contribution in [2.75, 3.05) is 14.2 Å². The Bertz CT molecular complexity index is 1410. The molecule has 3 aromatic carbocycles. The predicted molar refractivity (Wildman–Crippen MR) is 125 cm³/mol. The molecule has 0 fully saturated rings. The predicted octanol–water partition coefficient (Wildman–Crippen LogP) is 5.33. The van der Waals surface area contributed by atoms with Crippen LogP contribution < -0.4 is 15.0 Å². The van der Waals surface area contributed by atoms with Crippen molar-refractivity contribution < 1.29 is 13.9 Å². The Morgan fingerprint density at radius 2 is 1.66 bits per heavy atom. The number of aryl methyl sites for hydroxylation is 2. The van der Waals surface area contributed by atoms with Crippen molar-refractivity contribution in [2.45, 2.75) is 13.8 Å². The van der Waals surface area contributed by atoms with E-state index in [1.807, 2.05) is 32.0 Å². The monoisotopic (exact) mass is 430 g/mol. The van der Waals surface area contributed by atoms with E-state index in [4.69, 9.17) is 14.5 Å². The van der Waals surface area contributed by atoms with E-state index in [1.54, 1.807) is 47.1 Å². The van der Waals surface area contributed by atoms with Gasteiger partial charge in [-0.1, -0.05) is 35.9 Å². The average Bonchev–Trinajstić information content (AvgIpc) is 2.78. The highest BCUT2D eigenvalue weighted by atomic mass is 19.1. The summed E-state index contributed by atoms with van der Waals surface area (Å²) in [6, 6.07) is 15.6. The third-order valence-corrected chi connectivity index (χ3v) is 5.31. The molecule has 0 saturated carbocycles. The van der Waals surface area contributed by atoms with E-state index < -0.39 is 0 Å². The normalized spacial score (nSPS) is 11.3. The number of nitrogens with zero attached hydrogens (tertiary/aromatic N) is 2. The van der Waals surface area contributed by atoms with Crippen molar-refractivity contribution >= 4 is 23.1 Å². The van der Waals surface area contributed by atoms with E-state index in [-0.39, 0.29) is 11.4 Å². The van der Waals surface area contributed by atoms with Gasteiger partial charge in [0.1, 0.15) is 11.6 Å². The minimum atomic E-state index is -0.351. The minimum Gasteiger partial charge on any atom is -0.493 e. The number of hydrogen-bond acceptors (Lipinski definition) is 4. The topological polar surface area (TPSA) is 53.4 Å². The molecule has 0 unspecified atom stereocenters. The summed E-state index contributed by atoms with van der Waals surface area (Å²) in [5, 5.41) is 0.394. The molecule has 0 radical (unpaired) electrons. The van der Waals surface area contributed by atoms with Gasteiger partial charge in [-0.05, 0) is 49.8 Å². The summed E-state index contributed by atoms with van der Waals surface area (Å²) in [6.07, 6.45) is 3.26. The largest absolute Gasteiger partial charge is 0.493 e. The van der Waals surface area contributed by atoms with E-state index in [1.165, 1.54) is 20.3 Å². The Kier molecular flexibility index (Phi) is 5.77. The lowest BCUT2D eigenvalue weighted by Crippen LogP contribution is -2.23. The molecular formula is C26H23FN2O3. The summed E-state index contributed by atoms with van der Waals surface area (Å²) in [5.41, 5.74) is 3.33. The molecule has 0 aliphatic heterocycles. The highest BCUT2D eigenvalue weighted by Gasteiger charge is 2.16. The zero-order chi connectivity index (χ0) is 22.8. The smallest absolute Gasteiger partial charge is 0.266 e. The Hall–Kier alpha value is -3.93. The van der Waals surface area contributed by atoms with Crippen LogP contribution in [0.5, 0.6) is 11.5 Å². The van der Waals surface area contributed by atoms with Gasteiger partial charge in [0, 0.05) is 11.6 Å². The van der Waals surface area contributed by atoms with Gasteiger partial charge in [0.05, 0.1) is 30.8 Å². The fourth-order valence-corrected chi connectivity index (χ4v) is 3.71. The molecule has 0 bridgehead atoms. The summed E-state index contributed by atoms with van der Waals surface area (Å²) in [4.78, 5) is 18.4. The van der Waals surface area contributed by atoms with Crippen LogP contribution in [0.2, 0.25) is 0 Å². The van der Waals surface area contributed by atoms with Crippen molar-refractivity contribution in [3.05, 3.63) is 93.3 Å². The number of benzene rings is 3. The molecule has 4 aromatic rings. The zero-order valence-electron chi connectivity index (χ0n) is 18.3. The SMILES string of the molecule is COc1cc2nc(C=Cc3ccccc3F)n(-c3ccc(C)cc3C)c(=O)c2cc1OC. The Balaban J connectivity index is 2.03. The first-order valence-corrected chi connectivity index (χ1v) is 10.1. The Morgan fingerprint density at radius 1 is 0.938 bits per heavy atom. The van der Waals surface area contributed by atoms with Crippen LogP contribution in [0.3, 0.4) is 0 Å². The van der Waals surface area contributed by atoms with E-state index in [0.29, 0.717) is 39.5 Å². The van der Waals surface area contributed by atoms with Crippen LogP contribution in [0.15, 0.2) is 59.4 Å². The summed E-state index contributed by atoms with van der Waals surface area (Å²) in [6.45, 7) is 3.94. The summed E-state index contributed by atoms with van der Waals surface area (Å²) in [7, 11) is 3.05. The van der Waals surface area contributed by atoms with Gasteiger partial charge in [-0.3, -0.25) is 9.36 Å². The number of methoxy groups -OCH3 is 2. The second-order valence-corrected chi connectivity index (χ2v) is 7.48. The molecule has 0 saturated heterocycles. The lowest BCUT2D eigenvalue weighted by Gasteiger charge is -2.15. The van der Waals surface area contributed by atoms with E-state index in [9.17, 15) is 9.18 Å². The average molecular weight is 430 g/mol. The highest BCUT2D eigenvalue weighted by molar-refractivity contribution is 5.84. The molecule has 0 spiro atoms. The highest BCUT2D eigenvalue weighted by Crippen LogP contribution is 2.31. The second kappa shape index (κ2) is 8.67. The van der Waals surface area contributed by atoms with Gasteiger partial charge in [0.15, 0.2) is 11.5 Å². The van der Waals surface area contributed by atoms with Crippen molar-refractivity contribution in [1.29, 1.82) is 0 Å². The maximum atomic E-state index is 14.2. The maximum absolute atomic E-state index is 14.2. The van der Waals surface area contributed by atoms with Gasteiger partial charge in [-0.15, -0.1) is 0 Å². The fourth-order valence-electron chi connectivity index (χ4n) is 3.71. The first-order valence-electron chi connectivity index (χ1n) is 10.1. The molecule has 162 valence electrons. The van der Waals surface area contributed by atoms with Crippen molar-refractivity contribution in [1.82, 2.24) is 9.55 Å². The quantitative estimate of drug-likeness (QED) is 0.430. The standard InChI is InChI=1S/C26H23FN2O3/c1-16-9-11-22(17(2)13-16)29-25(12-10-18-7-5-6-8-20(18)27)28-21-15-24(32-4)23(31-3)14-19(21)26(29)30/h5-15H,1-4H3. The molecule has 5 nitrogen and oxygen atoms in total. The van der Waals surface area contributed by atoms with Gasteiger partial charge >= 0.3 is 0 Å². The van der Waals surface area contributed by atoms with Crippen LogP contribution >= 0.6 is 0 Å². The summed E-state index contributed by atoms with van der Waals surface area (Å²) in [5.74, 6) is 0.946. The Morgan fingerprint density at radius 3 is 2.34 bits per heavy atom. The number of aromatic nitrogens is 2. The zero-order valence-corrected chi connectivity index (χ0v) is 18.3. The van der Waals surface area contributed by atoms with Crippen LogP contribution in [-0.2, 0) is 0 Å². The number of rotatable bonds is 5. The van der Waals surface area contributed by atoms with Crippen molar-refractivity contribution in [3.63, 3.8) is 0 Å². The van der Waals surface area contributed by atoms with Gasteiger partial charge in [-0.25, -0.2) is 9.37 Å². The molecule has 32 heavy (non-hydrogen) atoms. The van der Waals surface area contributed by atoms with Crippen LogP contribution in [0.1, 0.15) is 22.5 Å². The molecule has 1 aromatic heterocycles. The van der Waals surface area contributed by atoms with Crippen LogP contribution in [0.4, 0.5) is 4.39 Å². The lowest BCUT2D eigenvalue weighted by atomic mass is 10.1. The molecule has 0 aliphatic rings. The molecule has 6 heteroatoms. The van der Waals surface area contributed by atoms with Crippen molar-refractivity contribution in [3.8, 4) is 17.2 Å². The van der Waals surface area contributed by atoms with Gasteiger partial charge in [0.2, 0.25) is 0 Å². The van der Waals surface area contributed by atoms with Gasteiger partial charge in [-0.2, -0.15) is 0 Å². The van der Waals surface area contributed by atoms with E-state index in [2.05, 4.69) is 0 Å². The number of fused-ring (bicyclic) bond motifs is 1. The lowest BCUT2D eigenvalue weighted by molar-refractivity contribution is 0.355. The third-order valence-electron chi connectivity index (χ3n) is 5.31. The molecule has 0 aliphatic carbocycles. The van der Waals surface area contributed by atoms with Gasteiger partial charge in [0.25, 0.3) is 5.56 Å². The minimum absolute atomic E-state index is 0.254. The molecular weight excluding hydrogens is 407 g/mol. The fraction of sp³-hybridized carbons (Fsp3) is 0.154. The first-order chi connectivity index (χ1) is 15.4. The Labute approximate surface area is 185 Å². The van der Waals surface area contributed by atoms with Crippen LogP contribution in [-0.4, -0.2) is 23.8 Å². The number of ether oxygens (including phenoxy) is 2. The first kappa shape index (κ1) is 21.3. The summed E-state index contributed by atoms with van der Waals surface area (Å²) >= 11 is 0. The molecule has 4 rings (SSSR count). The van der Waals surface area contributed by atoms with Gasteiger partial charge < -0.3 is 9.47 Å². The molecule has 1 heterocycles. The molecule has 0 N–H and O–H groups in total.